The van der Waals surface area contributed by atoms with Gasteiger partial charge in [0.1, 0.15) is 24.2 Å². The SMILES string of the molecule is CCOc1cc([C@@H]2C(=C(O)c3ccc4c(c3)C[C@H](C)O4)C(=O)C(=O)N2CCN(C)C)ccc1OCc1ccccc1. The van der Waals surface area contributed by atoms with Crippen LogP contribution in [0.3, 0.4) is 0 Å². The normalized spacial score (nSPS) is 19.4. The molecule has 2 atom stereocenters. The molecular formula is C33H36N2O6. The monoisotopic (exact) mass is 556 g/mol. The van der Waals surface area contributed by atoms with Gasteiger partial charge in [-0.1, -0.05) is 36.4 Å². The van der Waals surface area contributed by atoms with Crippen LogP contribution in [-0.2, 0) is 22.6 Å². The molecule has 3 aromatic carbocycles. The Morgan fingerprint density at radius 2 is 1.80 bits per heavy atom. The van der Waals surface area contributed by atoms with Gasteiger partial charge in [-0.15, -0.1) is 0 Å². The predicted molar refractivity (Wildman–Crippen MR) is 156 cm³/mol. The van der Waals surface area contributed by atoms with Crippen molar-refractivity contribution < 1.29 is 28.9 Å². The highest BCUT2D eigenvalue weighted by atomic mass is 16.5. The number of carbonyl (C=O) groups excluding carboxylic acids is 2. The second kappa shape index (κ2) is 12.1. The number of likely N-dealkylation sites (N-methyl/N-ethyl adjacent to an activating group) is 1. The standard InChI is InChI=1S/C33H36N2O6/c1-5-39-28-19-23(11-14-27(28)40-20-22-9-7-6-8-10-22)30-29(32(37)33(38)35(30)16-15-34(3)4)31(36)24-12-13-26-25(18-24)17-21(2)41-26/h6-14,18-19,21,30,36H,5,15-17,20H2,1-4H3/t21-,30+/m0/s1. The maximum Gasteiger partial charge on any atom is 0.295 e. The Morgan fingerprint density at radius 1 is 1.02 bits per heavy atom. The molecule has 0 aliphatic carbocycles. The molecule has 1 amide bonds. The van der Waals surface area contributed by atoms with Gasteiger partial charge in [0.15, 0.2) is 11.5 Å². The van der Waals surface area contributed by atoms with E-state index in [2.05, 4.69) is 0 Å². The van der Waals surface area contributed by atoms with Crippen molar-refractivity contribution in [1.29, 1.82) is 0 Å². The number of aliphatic hydroxyl groups is 1. The lowest BCUT2D eigenvalue weighted by Crippen LogP contribution is -2.35. The van der Waals surface area contributed by atoms with Gasteiger partial charge < -0.3 is 29.1 Å². The number of benzene rings is 3. The summed E-state index contributed by atoms with van der Waals surface area (Å²) in [4.78, 5) is 30.3. The van der Waals surface area contributed by atoms with Crippen molar-refractivity contribution in [2.45, 2.75) is 39.0 Å². The summed E-state index contributed by atoms with van der Waals surface area (Å²) in [5.41, 5.74) is 3.16. The second-order valence-electron chi connectivity index (χ2n) is 10.7. The van der Waals surface area contributed by atoms with Crippen LogP contribution in [0.15, 0.2) is 72.3 Å². The van der Waals surface area contributed by atoms with Crippen LogP contribution in [-0.4, -0.2) is 66.5 Å². The first kappa shape index (κ1) is 28.2. The van der Waals surface area contributed by atoms with Gasteiger partial charge in [-0.3, -0.25) is 9.59 Å². The van der Waals surface area contributed by atoms with E-state index in [1.165, 1.54) is 4.90 Å². The number of rotatable bonds is 10. The number of hydrogen-bond acceptors (Lipinski definition) is 7. The minimum Gasteiger partial charge on any atom is -0.507 e. The fourth-order valence-electron chi connectivity index (χ4n) is 5.31. The van der Waals surface area contributed by atoms with E-state index in [1.807, 2.05) is 75.3 Å². The third-order valence-electron chi connectivity index (χ3n) is 7.32. The summed E-state index contributed by atoms with van der Waals surface area (Å²) in [6.45, 7) is 5.50. The molecule has 8 nitrogen and oxygen atoms in total. The molecule has 2 heterocycles. The van der Waals surface area contributed by atoms with Gasteiger partial charge >= 0.3 is 0 Å². The summed E-state index contributed by atoms with van der Waals surface area (Å²) in [7, 11) is 3.82. The minimum atomic E-state index is -0.791. The highest BCUT2D eigenvalue weighted by molar-refractivity contribution is 6.46. The number of ether oxygens (including phenoxy) is 3. The summed E-state index contributed by atoms with van der Waals surface area (Å²) in [5.74, 6) is 0.271. The number of fused-ring (bicyclic) bond motifs is 1. The van der Waals surface area contributed by atoms with Crippen molar-refractivity contribution in [3.05, 3.63) is 94.6 Å². The van der Waals surface area contributed by atoms with Crippen LogP contribution in [0.2, 0.25) is 0 Å². The zero-order valence-corrected chi connectivity index (χ0v) is 23.9. The number of ketones is 1. The van der Waals surface area contributed by atoms with E-state index in [9.17, 15) is 14.7 Å². The van der Waals surface area contributed by atoms with Crippen LogP contribution in [0.4, 0.5) is 0 Å². The summed E-state index contributed by atoms with van der Waals surface area (Å²) in [6, 6.07) is 19.8. The molecule has 2 aliphatic rings. The molecule has 214 valence electrons. The van der Waals surface area contributed by atoms with Crippen LogP contribution in [0, 0.1) is 0 Å². The molecule has 0 saturated carbocycles. The summed E-state index contributed by atoms with van der Waals surface area (Å²) in [6.07, 6.45) is 0.748. The van der Waals surface area contributed by atoms with Crippen LogP contribution in [0.1, 0.15) is 42.1 Å². The van der Waals surface area contributed by atoms with E-state index in [0.717, 1.165) is 16.9 Å². The number of amides is 1. The first-order valence-electron chi connectivity index (χ1n) is 13.9. The average Bonchev–Trinajstić information content (AvgIpc) is 3.46. The lowest BCUT2D eigenvalue weighted by Gasteiger charge is -2.27. The van der Waals surface area contributed by atoms with E-state index >= 15 is 0 Å². The van der Waals surface area contributed by atoms with Gasteiger partial charge in [-0.05, 0) is 75.0 Å². The molecule has 3 aromatic rings. The quantitative estimate of drug-likeness (QED) is 0.214. The van der Waals surface area contributed by atoms with Gasteiger partial charge in [0.25, 0.3) is 11.7 Å². The number of carbonyl (C=O) groups is 2. The first-order valence-corrected chi connectivity index (χ1v) is 13.9. The fraction of sp³-hybridized carbons (Fsp3) is 0.333. The van der Waals surface area contributed by atoms with Crippen LogP contribution < -0.4 is 14.2 Å². The molecule has 41 heavy (non-hydrogen) atoms. The first-order chi connectivity index (χ1) is 19.8. The van der Waals surface area contributed by atoms with E-state index in [1.54, 1.807) is 24.3 Å². The van der Waals surface area contributed by atoms with Gasteiger partial charge in [-0.2, -0.15) is 0 Å². The molecule has 0 radical (unpaired) electrons. The van der Waals surface area contributed by atoms with E-state index in [0.29, 0.717) is 55.4 Å². The van der Waals surface area contributed by atoms with E-state index in [-0.39, 0.29) is 17.4 Å². The largest absolute Gasteiger partial charge is 0.507 e. The van der Waals surface area contributed by atoms with Crippen molar-refractivity contribution in [2.75, 3.05) is 33.8 Å². The molecular weight excluding hydrogens is 520 g/mol. The number of nitrogens with zero attached hydrogens (tertiary/aromatic N) is 2. The Morgan fingerprint density at radius 3 is 2.54 bits per heavy atom. The lowest BCUT2D eigenvalue weighted by molar-refractivity contribution is -0.140. The second-order valence-corrected chi connectivity index (χ2v) is 10.7. The molecule has 1 fully saturated rings. The molecule has 1 N–H and O–H groups in total. The summed E-state index contributed by atoms with van der Waals surface area (Å²) >= 11 is 0. The minimum absolute atomic E-state index is 0.0404. The predicted octanol–water partition coefficient (Wildman–Crippen LogP) is 4.97. The van der Waals surface area contributed by atoms with Crippen LogP contribution in [0.25, 0.3) is 5.76 Å². The van der Waals surface area contributed by atoms with Gasteiger partial charge in [-0.25, -0.2) is 0 Å². The molecule has 1 saturated heterocycles. The zero-order chi connectivity index (χ0) is 29.1. The number of aliphatic hydroxyl groups excluding tert-OH is 1. The topological polar surface area (TPSA) is 88.5 Å². The smallest absolute Gasteiger partial charge is 0.295 e. The lowest BCUT2D eigenvalue weighted by atomic mass is 9.94. The van der Waals surface area contributed by atoms with E-state index < -0.39 is 17.7 Å². The van der Waals surface area contributed by atoms with Crippen molar-refractivity contribution in [2.24, 2.45) is 0 Å². The Labute approximate surface area is 240 Å². The van der Waals surface area contributed by atoms with E-state index in [4.69, 9.17) is 14.2 Å². The Balaban J connectivity index is 1.56. The Hall–Kier alpha value is -4.30. The van der Waals surface area contributed by atoms with Crippen LogP contribution >= 0.6 is 0 Å². The molecule has 0 bridgehead atoms. The number of hydrogen-bond donors (Lipinski definition) is 1. The molecule has 0 spiro atoms. The molecule has 8 heteroatoms. The molecule has 2 aliphatic heterocycles. The number of likely N-dealkylation sites (tertiary alicyclic amines) is 1. The number of Topliss-reactive ketones (excluding diaryl/α,β-unsaturated/α-hetero) is 1. The van der Waals surface area contributed by atoms with Gasteiger partial charge in [0.2, 0.25) is 0 Å². The van der Waals surface area contributed by atoms with Crippen molar-refractivity contribution in [3.8, 4) is 17.2 Å². The van der Waals surface area contributed by atoms with Crippen LogP contribution in [0.5, 0.6) is 17.2 Å². The molecule has 0 unspecified atom stereocenters. The maximum atomic E-state index is 13.5. The fourth-order valence-corrected chi connectivity index (χ4v) is 5.31. The van der Waals surface area contributed by atoms with Gasteiger partial charge in [0, 0.05) is 25.1 Å². The third-order valence-corrected chi connectivity index (χ3v) is 7.32. The molecule has 5 rings (SSSR count). The van der Waals surface area contributed by atoms with Crippen molar-refractivity contribution in [3.63, 3.8) is 0 Å². The highest BCUT2D eigenvalue weighted by Crippen LogP contribution is 2.43. The zero-order valence-electron chi connectivity index (χ0n) is 23.9. The third kappa shape index (κ3) is 5.93. The average molecular weight is 557 g/mol. The Bertz CT molecular complexity index is 1470. The molecule has 0 aromatic heterocycles. The summed E-state index contributed by atoms with van der Waals surface area (Å²) in [5, 5.41) is 11.5. The van der Waals surface area contributed by atoms with Gasteiger partial charge in [0.05, 0.1) is 18.2 Å². The summed E-state index contributed by atoms with van der Waals surface area (Å²) < 4.78 is 17.8. The Kier molecular flexibility index (Phi) is 8.31. The highest BCUT2D eigenvalue weighted by Gasteiger charge is 2.46. The van der Waals surface area contributed by atoms with Crippen molar-refractivity contribution >= 4 is 17.4 Å². The maximum absolute atomic E-state index is 13.5. The van der Waals surface area contributed by atoms with Crippen molar-refractivity contribution in [1.82, 2.24) is 9.80 Å².